The minimum absolute atomic E-state index is 0.0758. The minimum atomic E-state index is -0.485. The van der Waals surface area contributed by atoms with E-state index in [1.54, 1.807) is 16.1 Å². The highest BCUT2D eigenvalue weighted by Gasteiger charge is 2.29. The van der Waals surface area contributed by atoms with Crippen molar-refractivity contribution in [3.05, 3.63) is 30.2 Å². The summed E-state index contributed by atoms with van der Waals surface area (Å²) in [6, 6.07) is 5.83. The summed E-state index contributed by atoms with van der Waals surface area (Å²) < 4.78 is 5.48. The number of carbonyl (C=O) groups is 2. The van der Waals surface area contributed by atoms with Crippen molar-refractivity contribution < 1.29 is 14.3 Å². The minimum Gasteiger partial charge on any atom is -0.444 e. The third-order valence-electron chi connectivity index (χ3n) is 5.35. The zero-order chi connectivity index (χ0) is 20.6. The van der Waals surface area contributed by atoms with Crippen LogP contribution in [0.2, 0.25) is 0 Å². The van der Waals surface area contributed by atoms with Crippen molar-refractivity contribution in [2.75, 3.05) is 31.1 Å². The van der Waals surface area contributed by atoms with E-state index < -0.39 is 5.60 Å². The van der Waals surface area contributed by atoms with Gasteiger partial charge in [-0.15, -0.1) is 0 Å². The molecule has 29 heavy (non-hydrogen) atoms. The maximum atomic E-state index is 12.3. The summed E-state index contributed by atoms with van der Waals surface area (Å²) in [5.41, 5.74) is 2.20. The van der Waals surface area contributed by atoms with E-state index in [4.69, 9.17) is 4.74 Å². The number of carbonyl (C=O) groups excluding carboxylic acids is 2. The van der Waals surface area contributed by atoms with Gasteiger partial charge in [0.25, 0.3) is 0 Å². The van der Waals surface area contributed by atoms with Crippen molar-refractivity contribution in [2.45, 2.75) is 45.1 Å². The van der Waals surface area contributed by atoms with E-state index in [-0.39, 0.29) is 18.0 Å². The Labute approximate surface area is 170 Å². The van der Waals surface area contributed by atoms with E-state index in [0.29, 0.717) is 26.2 Å². The Kier molecular flexibility index (Phi) is 5.02. The Hall–Kier alpha value is -2.90. The molecule has 1 aromatic heterocycles. The number of hydrogen-bond donors (Lipinski definition) is 1. The molecular formula is C21H27N5O3. The number of hydrogen-bond acceptors (Lipinski definition) is 5. The molecule has 2 aromatic rings. The molecule has 0 bridgehead atoms. The molecule has 0 aliphatic carbocycles. The summed E-state index contributed by atoms with van der Waals surface area (Å²) in [6.07, 6.45) is 3.01. The van der Waals surface area contributed by atoms with Gasteiger partial charge < -0.3 is 15.0 Å². The average molecular weight is 397 g/mol. The molecule has 8 nitrogen and oxygen atoms in total. The Morgan fingerprint density at radius 1 is 1.17 bits per heavy atom. The third kappa shape index (κ3) is 4.11. The molecule has 154 valence electrons. The van der Waals surface area contributed by atoms with Crippen LogP contribution in [0.15, 0.2) is 24.5 Å². The highest BCUT2D eigenvalue weighted by Crippen LogP contribution is 2.33. The Morgan fingerprint density at radius 3 is 2.59 bits per heavy atom. The Morgan fingerprint density at radius 2 is 1.93 bits per heavy atom. The summed E-state index contributed by atoms with van der Waals surface area (Å²) in [5.74, 6) is 0.264. The van der Waals surface area contributed by atoms with Gasteiger partial charge in [-0.05, 0) is 51.8 Å². The van der Waals surface area contributed by atoms with Gasteiger partial charge in [-0.3, -0.25) is 4.90 Å². The van der Waals surface area contributed by atoms with E-state index in [0.717, 1.165) is 35.1 Å². The van der Waals surface area contributed by atoms with Gasteiger partial charge in [0.15, 0.2) is 0 Å². The van der Waals surface area contributed by atoms with Crippen LogP contribution in [0.1, 0.15) is 45.2 Å². The molecule has 0 unspecified atom stereocenters. The van der Waals surface area contributed by atoms with Crippen LogP contribution >= 0.6 is 0 Å². The van der Waals surface area contributed by atoms with E-state index in [1.165, 1.54) is 0 Å². The number of anilines is 1. The van der Waals surface area contributed by atoms with Gasteiger partial charge in [-0.25, -0.2) is 19.6 Å². The van der Waals surface area contributed by atoms with Crippen molar-refractivity contribution in [2.24, 2.45) is 0 Å². The van der Waals surface area contributed by atoms with Crippen molar-refractivity contribution >= 4 is 28.7 Å². The van der Waals surface area contributed by atoms with Gasteiger partial charge in [0.1, 0.15) is 11.9 Å². The highest BCUT2D eigenvalue weighted by molar-refractivity contribution is 5.96. The molecule has 2 saturated heterocycles. The summed E-state index contributed by atoms with van der Waals surface area (Å²) in [7, 11) is 0. The third-order valence-corrected chi connectivity index (χ3v) is 5.35. The average Bonchev–Trinajstić information content (AvgIpc) is 3.12. The van der Waals surface area contributed by atoms with Gasteiger partial charge >= 0.3 is 12.1 Å². The van der Waals surface area contributed by atoms with Crippen LogP contribution < -0.4 is 10.2 Å². The van der Waals surface area contributed by atoms with Crippen LogP contribution in [0, 0.1) is 0 Å². The van der Waals surface area contributed by atoms with Gasteiger partial charge in [0.05, 0.1) is 11.2 Å². The monoisotopic (exact) mass is 397 g/mol. The molecule has 2 fully saturated rings. The summed E-state index contributed by atoms with van der Waals surface area (Å²) in [4.78, 5) is 36.7. The first kappa shape index (κ1) is 19.4. The fraction of sp³-hybridized carbons (Fsp3) is 0.524. The second kappa shape index (κ2) is 7.50. The quantitative estimate of drug-likeness (QED) is 0.840. The number of nitrogens with one attached hydrogen (secondary N) is 1. The van der Waals surface area contributed by atoms with Crippen LogP contribution in [0.4, 0.5) is 15.3 Å². The molecule has 0 saturated carbocycles. The van der Waals surface area contributed by atoms with Crippen molar-refractivity contribution in [1.82, 2.24) is 20.2 Å². The Balaban J connectivity index is 1.50. The van der Waals surface area contributed by atoms with Crippen LogP contribution in [-0.4, -0.2) is 58.8 Å². The maximum absolute atomic E-state index is 12.3. The number of likely N-dealkylation sites (tertiary alicyclic amines) is 1. The highest BCUT2D eigenvalue weighted by atomic mass is 16.6. The van der Waals surface area contributed by atoms with E-state index in [9.17, 15) is 9.59 Å². The fourth-order valence-corrected chi connectivity index (χ4v) is 3.94. The molecule has 0 radical (unpaired) electrons. The molecule has 2 aliphatic rings. The molecule has 2 aliphatic heterocycles. The van der Waals surface area contributed by atoms with Gasteiger partial charge in [-0.1, -0.05) is 0 Å². The number of ether oxygens (including phenoxy) is 1. The van der Waals surface area contributed by atoms with Crippen molar-refractivity contribution in [1.29, 1.82) is 0 Å². The summed E-state index contributed by atoms with van der Waals surface area (Å²) in [6.45, 7) is 8.25. The number of piperidine rings is 1. The van der Waals surface area contributed by atoms with Crippen molar-refractivity contribution in [3.63, 3.8) is 0 Å². The lowest BCUT2D eigenvalue weighted by molar-refractivity contribution is 0.0204. The van der Waals surface area contributed by atoms with Gasteiger partial charge in [0, 0.05) is 43.2 Å². The standard InChI is InChI=1S/C21H27N5O3/c1-21(2,3)29-20(28)25-9-6-14(7-10-25)18-16-5-4-15(12-17(16)23-13-24-18)26-11-8-22-19(26)27/h4-5,12-14H,6-11H2,1-3H3,(H,22,27). The number of amides is 3. The van der Waals surface area contributed by atoms with E-state index >= 15 is 0 Å². The number of urea groups is 1. The van der Waals surface area contributed by atoms with E-state index in [2.05, 4.69) is 15.3 Å². The number of fused-ring (bicyclic) bond motifs is 1. The largest absolute Gasteiger partial charge is 0.444 e. The second-order valence-corrected chi connectivity index (χ2v) is 8.59. The lowest BCUT2D eigenvalue weighted by Crippen LogP contribution is -2.41. The lowest BCUT2D eigenvalue weighted by atomic mass is 9.91. The zero-order valence-corrected chi connectivity index (χ0v) is 17.1. The molecule has 0 spiro atoms. The predicted octanol–water partition coefficient (Wildman–Crippen LogP) is 3.27. The first-order valence-corrected chi connectivity index (χ1v) is 10.1. The van der Waals surface area contributed by atoms with Crippen LogP contribution in [0.25, 0.3) is 10.9 Å². The van der Waals surface area contributed by atoms with Crippen LogP contribution in [0.5, 0.6) is 0 Å². The topological polar surface area (TPSA) is 87.7 Å². The molecule has 4 rings (SSSR count). The van der Waals surface area contributed by atoms with E-state index in [1.807, 2.05) is 39.0 Å². The smallest absolute Gasteiger partial charge is 0.410 e. The van der Waals surface area contributed by atoms with Gasteiger partial charge in [-0.2, -0.15) is 0 Å². The zero-order valence-electron chi connectivity index (χ0n) is 17.1. The molecule has 3 heterocycles. The number of aromatic nitrogens is 2. The predicted molar refractivity (Wildman–Crippen MR) is 110 cm³/mol. The second-order valence-electron chi connectivity index (χ2n) is 8.59. The molecular weight excluding hydrogens is 370 g/mol. The van der Waals surface area contributed by atoms with Crippen molar-refractivity contribution in [3.8, 4) is 0 Å². The molecule has 1 N–H and O–H groups in total. The molecule has 1 aromatic carbocycles. The lowest BCUT2D eigenvalue weighted by Gasteiger charge is -2.33. The summed E-state index contributed by atoms with van der Waals surface area (Å²) >= 11 is 0. The Bertz CT molecular complexity index is 932. The normalized spacial score (nSPS) is 18.2. The fourth-order valence-electron chi connectivity index (χ4n) is 3.94. The molecule has 0 atom stereocenters. The maximum Gasteiger partial charge on any atom is 0.410 e. The SMILES string of the molecule is CC(C)(C)OC(=O)N1CCC(c2ncnc3cc(N4CCNC4=O)ccc23)CC1. The number of benzene rings is 1. The number of rotatable bonds is 2. The van der Waals surface area contributed by atoms with Gasteiger partial charge in [0.2, 0.25) is 0 Å². The molecule has 8 heteroatoms. The first-order valence-electron chi connectivity index (χ1n) is 10.1. The molecule has 3 amide bonds. The van der Waals surface area contributed by atoms with Crippen LogP contribution in [-0.2, 0) is 4.74 Å². The summed E-state index contributed by atoms with van der Waals surface area (Å²) in [5, 5.41) is 3.82. The van der Waals surface area contributed by atoms with Crippen LogP contribution in [0.3, 0.4) is 0 Å². The number of nitrogens with zero attached hydrogens (tertiary/aromatic N) is 4. The first-order chi connectivity index (χ1) is 13.8.